The molecule has 24 heavy (non-hydrogen) atoms. The Balaban J connectivity index is 1.87. The number of halogens is 2. The number of hydrogen-bond donors (Lipinski definition) is 2. The van der Waals surface area contributed by atoms with Gasteiger partial charge in [0.2, 0.25) is 0 Å². The zero-order chi connectivity index (χ0) is 17.4. The number of rotatable bonds is 3. The molecule has 0 saturated carbocycles. The summed E-state index contributed by atoms with van der Waals surface area (Å²) < 4.78 is 5.03. The van der Waals surface area contributed by atoms with Crippen molar-refractivity contribution in [2.45, 2.75) is 0 Å². The van der Waals surface area contributed by atoms with Crippen molar-refractivity contribution < 1.29 is 19.1 Å². The molecular formula is C16H10Cl2N2O4. The summed E-state index contributed by atoms with van der Waals surface area (Å²) in [5.74, 6) is -1.14. The van der Waals surface area contributed by atoms with Crippen LogP contribution in [0.1, 0.15) is 31.1 Å². The van der Waals surface area contributed by atoms with E-state index in [1.165, 1.54) is 37.4 Å². The van der Waals surface area contributed by atoms with E-state index >= 15 is 0 Å². The molecule has 0 aromatic heterocycles. The fraction of sp³-hybridized carbons (Fsp3) is 0.0625. The van der Waals surface area contributed by atoms with Crippen molar-refractivity contribution in [1.29, 1.82) is 0 Å². The van der Waals surface area contributed by atoms with Crippen LogP contribution in [0.15, 0.2) is 30.3 Å². The van der Waals surface area contributed by atoms with Crippen LogP contribution in [0.2, 0.25) is 10.0 Å². The van der Waals surface area contributed by atoms with Crippen molar-refractivity contribution in [3.63, 3.8) is 0 Å². The molecule has 3 amide bonds. The van der Waals surface area contributed by atoms with Crippen LogP contribution < -0.4 is 15.4 Å². The molecule has 2 N–H and O–H groups in total. The summed E-state index contributed by atoms with van der Waals surface area (Å²) >= 11 is 12.0. The average molecular weight is 365 g/mol. The van der Waals surface area contributed by atoms with Gasteiger partial charge in [0.15, 0.2) is 5.75 Å². The first kappa shape index (κ1) is 16.3. The van der Waals surface area contributed by atoms with Crippen molar-refractivity contribution in [2.75, 3.05) is 12.4 Å². The molecule has 0 atom stereocenters. The van der Waals surface area contributed by atoms with Crippen LogP contribution in [0.25, 0.3) is 0 Å². The summed E-state index contributed by atoms with van der Waals surface area (Å²) in [5.41, 5.74) is 1.08. The molecule has 2 aromatic rings. The maximum Gasteiger partial charge on any atom is 0.259 e. The summed E-state index contributed by atoms with van der Waals surface area (Å²) in [6.07, 6.45) is 0. The number of carbonyl (C=O) groups is 3. The molecule has 8 heteroatoms. The third-order valence-corrected chi connectivity index (χ3v) is 4.02. The van der Waals surface area contributed by atoms with E-state index in [4.69, 9.17) is 27.9 Å². The second kappa shape index (κ2) is 6.14. The Morgan fingerprint density at radius 1 is 1.04 bits per heavy atom. The number of benzene rings is 2. The first-order valence-corrected chi connectivity index (χ1v) is 7.50. The Labute approximate surface area is 146 Å². The number of anilines is 1. The fourth-order valence-electron chi connectivity index (χ4n) is 2.33. The van der Waals surface area contributed by atoms with Gasteiger partial charge < -0.3 is 10.1 Å². The highest BCUT2D eigenvalue weighted by Crippen LogP contribution is 2.34. The van der Waals surface area contributed by atoms with Gasteiger partial charge in [-0.1, -0.05) is 23.2 Å². The summed E-state index contributed by atoms with van der Waals surface area (Å²) in [7, 11) is 1.42. The average Bonchev–Trinajstić information content (AvgIpc) is 2.81. The van der Waals surface area contributed by atoms with Crippen LogP contribution in [0.3, 0.4) is 0 Å². The van der Waals surface area contributed by atoms with Gasteiger partial charge in [0.1, 0.15) is 0 Å². The van der Waals surface area contributed by atoms with Crippen molar-refractivity contribution >= 4 is 46.6 Å². The van der Waals surface area contributed by atoms with Gasteiger partial charge in [-0.15, -0.1) is 0 Å². The Morgan fingerprint density at radius 2 is 1.67 bits per heavy atom. The molecule has 2 aromatic carbocycles. The smallest absolute Gasteiger partial charge is 0.259 e. The van der Waals surface area contributed by atoms with Crippen LogP contribution in [-0.2, 0) is 0 Å². The topological polar surface area (TPSA) is 84.5 Å². The lowest BCUT2D eigenvalue weighted by Crippen LogP contribution is -2.19. The van der Waals surface area contributed by atoms with Gasteiger partial charge in [-0.05, 0) is 30.3 Å². The minimum Gasteiger partial charge on any atom is -0.494 e. The number of nitrogens with one attached hydrogen (secondary N) is 2. The van der Waals surface area contributed by atoms with Gasteiger partial charge in [-0.3, -0.25) is 19.7 Å². The van der Waals surface area contributed by atoms with Crippen LogP contribution >= 0.6 is 23.2 Å². The molecule has 0 bridgehead atoms. The highest BCUT2D eigenvalue weighted by atomic mass is 35.5. The molecule has 1 aliphatic heterocycles. The van der Waals surface area contributed by atoms with Crippen LogP contribution in [-0.4, -0.2) is 24.8 Å². The van der Waals surface area contributed by atoms with Gasteiger partial charge in [-0.25, -0.2) is 0 Å². The van der Waals surface area contributed by atoms with Gasteiger partial charge >= 0.3 is 0 Å². The third-order valence-electron chi connectivity index (χ3n) is 3.46. The summed E-state index contributed by atoms with van der Waals surface area (Å²) in [5, 5.41) is 5.22. The first-order valence-electron chi connectivity index (χ1n) is 6.75. The number of methoxy groups -OCH3 is 1. The van der Waals surface area contributed by atoms with E-state index in [0.717, 1.165) is 0 Å². The van der Waals surface area contributed by atoms with E-state index in [1.807, 2.05) is 0 Å². The molecule has 0 unspecified atom stereocenters. The van der Waals surface area contributed by atoms with Crippen LogP contribution in [0.4, 0.5) is 5.69 Å². The van der Waals surface area contributed by atoms with Crippen molar-refractivity contribution in [3.8, 4) is 5.75 Å². The quantitative estimate of drug-likeness (QED) is 0.819. The number of carbonyl (C=O) groups excluding carboxylic acids is 3. The Morgan fingerprint density at radius 3 is 2.29 bits per heavy atom. The molecule has 122 valence electrons. The van der Waals surface area contributed by atoms with E-state index < -0.39 is 17.7 Å². The van der Waals surface area contributed by atoms with E-state index in [-0.39, 0.29) is 32.5 Å². The number of ether oxygens (including phenoxy) is 1. The molecule has 0 aliphatic carbocycles. The molecule has 1 aliphatic rings. The van der Waals surface area contributed by atoms with Gasteiger partial charge in [0.25, 0.3) is 17.7 Å². The third kappa shape index (κ3) is 2.81. The Bertz CT molecular complexity index is 873. The summed E-state index contributed by atoms with van der Waals surface area (Å²) in [6.45, 7) is 0. The lowest BCUT2D eigenvalue weighted by Gasteiger charge is -2.10. The number of fused-ring (bicyclic) bond motifs is 1. The van der Waals surface area contributed by atoms with Crippen molar-refractivity contribution in [3.05, 3.63) is 57.1 Å². The number of imide groups is 1. The number of amides is 3. The van der Waals surface area contributed by atoms with Gasteiger partial charge in [-0.2, -0.15) is 0 Å². The maximum absolute atomic E-state index is 12.3. The van der Waals surface area contributed by atoms with E-state index in [0.29, 0.717) is 5.69 Å². The van der Waals surface area contributed by atoms with Gasteiger partial charge in [0, 0.05) is 11.3 Å². The first-order chi connectivity index (χ1) is 11.4. The predicted molar refractivity (Wildman–Crippen MR) is 89.2 cm³/mol. The summed E-state index contributed by atoms with van der Waals surface area (Å²) in [6, 6.07) is 7.28. The molecular weight excluding hydrogens is 355 g/mol. The van der Waals surface area contributed by atoms with E-state index in [1.54, 1.807) is 0 Å². The second-order valence-electron chi connectivity index (χ2n) is 4.97. The Kier molecular flexibility index (Phi) is 4.17. The van der Waals surface area contributed by atoms with E-state index in [2.05, 4.69) is 10.6 Å². The standard InChI is InChI=1S/C16H10Cl2N2O4/c1-24-13-11(17)4-7(5-12(13)18)14(21)19-8-2-3-9-10(6-8)16(23)20-15(9)22/h2-6H,1H3,(H,19,21)(H,20,22,23). The Hall–Kier alpha value is -2.57. The highest BCUT2D eigenvalue weighted by molar-refractivity contribution is 6.37. The number of hydrogen-bond acceptors (Lipinski definition) is 4. The molecule has 1 heterocycles. The molecule has 0 spiro atoms. The molecule has 3 rings (SSSR count). The second-order valence-corrected chi connectivity index (χ2v) is 5.79. The predicted octanol–water partition coefficient (Wildman–Crippen LogP) is 3.14. The largest absolute Gasteiger partial charge is 0.494 e. The maximum atomic E-state index is 12.3. The molecule has 0 radical (unpaired) electrons. The normalized spacial score (nSPS) is 12.6. The van der Waals surface area contributed by atoms with Crippen LogP contribution in [0.5, 0.6) is 5.75 Å². The minimum atomic E-state index is -0.498. The minimum absolute atomic E-state index is 0.203. The van der Waals surface area contributed by atoms with Crippen molar-refractivity contribution in [1.82, 2.24) is 5.32 Å². The zero-order valence-corrected chi connectivity index (χ0v) is 13.8. The highest BCUT2D eigenvalue weighted by Gasteiger charge is 2.26. The monoisotopic (exact) mass is 364 g/mol. The molecule has 0 saturated heterocycles. The molecule has 0 fully saturated rings. The van der Waals surface area contributed by atoms with E-state index in [9.17, 15) is 14.4 Å². The van der Waals surface area contributed by atoms with Crippen molar-refractivity contribution in [2.24, 2.45) is 0 Å². The van der Waals surface area contributed by atoms with Gasteiger partial charge in [0.05, 0.1) is 28.3 Å². The van der Waals surface area contributed by atoms with Crippen LogP contribution in [0, 0.1) is 0 Å². The fourth-order valence-corrected chi connectivity index (χ4v) is 2.98. The zero-order valence-electron chi connectivity index (χ0n) is 12.3. The lowest BCUT2D eigenvalue weighted by atomic mass is 10.1. The molecule has 6 nitrogen and oxygen atoms in total. The SMILES string of the molecule is COc1c(Cl)cc(C(=O)Nc2ccc3c(c2)C(=O)NC3=O)cc1Cl. The lowest BCUT2D eigenvalue weighted by molar-refractivity contribution is 0.0878. The summed E-state index contributed by atoms with van der Waals surface area (Å²) in [4.78, 5) is 35.5.